The molecule has 1 atom stereocenters. The summed E-state index contributed by atoms with van der Waals surface area (Å²) in [6.07, 6.45) is 2.63. The number of nitrogens with zero attached hydrogens (tertiary/aromatic N) is 2. The number of para-hydroxylation sites is 1. The number of ether oxygens (including phenoxy) is 1. The van der Waals surface area contributed by atoms with Crippen molar-refractivity contribution in [2.24, 2.45) is 0 Å². The largest absolute Gasteiger partial charge is 0.439 e. The molecule has 0 saturated carbocycles. The zero-order valence-corrected chi connectivity index (χ0v) is 11.1. The Morgan fingerprint density at radius 2 is 2.11 bits per heavy atom. The molecule has 0 aliphatic heterocycles. The first-order valence-corrected chi connectivity index (χ1v) is 6.37. The lowest BCUT2D eigenvalue weighted by atomic mass is 9.98. The molecule has 0 fully saturated rings. The molecule has 0 spiro atoms. The van der Waals surface area contributed by atoms with E-state index in [9.17, 15) is 0 Å². The lowest BCUT2D eigenvalue weighted by Crippen LogP contribution is -1.97. The van der Waals surface area contributed by atoms with Crippen LogP contribution in [0.2, 0.25) is 0 Å². The summed E-state index contributed by atoms with van der Waals surface area (Å²) in [7, 11) is 0. The van der Waals surface area contributed by atoms with Crippen LogP contribution in [-0.4, -0.2) is 4.98 Å². The van der Waals surface area contributed by atoms with E-state index in [2.05, 4.69) is 31.0 Å². The highest BCUT2D eigenvalue weighted by molar-refractivity contribution is 5.40. The average molecular weight is 252 g/mol. The van der Waals surface area contributed by atoms with Crippen LogP contribution in [0.3, 0.4) is 0 Å². The molecule has 0 saturated heterocycles. The molecule has 1 aromatic carbocycles. The predicted octanol–water partition coefficient (Wildman–Crippen LogP) is 4.26. The van der Waals surface area contributed by atoms with Gasteiger partial charge in [0.15, 0.2) is 0 Å². The third kappa shape index (κ3) is 3.11. The van der Waals surface area contributed by atoms with E-state index >= 15 is 0 Å². The van der Waals surface area contributed by atoms with Crippen molar-refractivity contribution in [2.75, 3.05) is 0 Å². The van der Waals surface area contributed by atoms with Crippen molar-refractivity contribution < 1.29 is 4.74 Å². The molecule has 2 rings (SSSR count). The van der Waals surface area contributed by atoms with Crippen LogP contribution in [0.4, 0.5) is 0 Å². The average Bonchev–Trinajstić information content (AvgIpc) is 2.47. The Bertz CT molecular complexity index is 602. The van der Waals surface area contributed by atoms with Gasteiger partial charge in [-0.3, -0.25) is 0 Å². The number of nitriles is 1. The minimum Gasteiger partial charge on any atom is -0.439 e. The van der Waals surface area contributed by atoms with Gasteiger partial charge in [0.05, 0.1) is 11.6 Å². The first kappa shape index (κ1) is 13.1. The van der Waals surface area contributed by atoms with Gasteiger partial charge in [-0.05, 0) is 30.0 Å². The first-order valence-electron chi connectivity index (χ1n) is 6.37. The van der Waals surface area contributed by atoms with Crippen LogP contribution in [-0.2, 0) is 0 Å². The number of hydrogen-bond donors (Lipinski definition) is 0. The van der Waals surface area contributed by atoms with Gasteiger partial charge in [-0.15, -0.1) is 0 Å². The summed E-state index contributed by atoms with van der Waals surface area (Å²) < 4.78 is 5.81. The van der Waals surface area contributed by atoms with Crippen molar-refractivity contribution >= 4 is 0 Å². The van der Waals surface area contributed by atoms with Gasteiger partial charge in [-0.1, -0.05) is 32.0 Å². The van der Waals surface area contributed by atoms with E-state index in [1.807, 2.05) is 18.2 Å². The molecule has 1 heterocycles. The molecule has 2 aromatic rings. The van der Waals surface area contributed by atoms with Crippen molar-refractivity contribution in [1.82, 2.24) is 4.98 Å². The maximum absolute atomic E-state index is 8.88. The Morgan fingerprint density at radius 3 is 2.84 bits per heavy atom. The summed E-state index contributed by atoms with van der Waals surface area (Å²) >= 11 is 0. The Morgan fingerprint density at radius 1 is 1.32 bits per heavy atom. The van der Waals surface area contributed by atoms with Gasteiger partial charge in [-0.25, -0.2) is 4.98 Å². The minimum absolute atomic E-state index is 0.426. The standard InChI is InChI=1S/C16H16N2O/c1-3-12(2)14-6-4-5-7-15(14)19-16-10-13(11-17)8-9-18-16/h4-10,12H,3H2,1-2H3. The highest BCUT2D eigenvalue weighted by atomic mass is 16.5. The molecule has 3 heteroatoms. The molecule has 0 aliphatic rings. The van der Waals surface area contributed by atoms with Gasteiger partial charge in [0.1, 0.15) is 5.75 Å². The highest BCUT2D eigenvalue weighted by Crippen LogP contribution is 2.31. The number of rotatable bonds is 4. The van der Waals surface area contributed by atoms with E-state index in [0.717, 1.165) is 17.7 Å². The lowest BCUT2D eigenvalue weighted by Gasteiger charge is -2.14. The summed E-state index contributed by atoms with van der Waals surface area (Å²) in [5.74, 6) is 1.68. The third-order valence-electron chi connectivity index (χ3n) is 3.14. The number of aromatic nitrogens is 1. The molecule has 3 nitrogen and oxygen atoms in total. The Kier molecular flexibility index (Phi) is 4.15. The van der Waals surface area contributed by atoms with Crippen LogP contribution in [0.25, 0.3) is 0 Å². The number of pyridine rings is 1. The second-order valence-electron chi connectivity index (χ2n) is 4.44. The fourth-order valence-corrected chi connectivity index (χ4v) is 1.85. The van der Waals surface area contributed by atoms with Crippen LogP contribution >= 0.6 is 0 Å². The van der Waals surface area contributed by atoms with Crippen LogP contribution in [0, 0.1) is 11.3 Å². The van der Waals surface area contributed by atoms with Gasteiger partial charge in [0.2, 0.25) is 5.88 Å². The molecule has 19 heavy (non-hydrogen) atoms. The monoisotopic (exact) mass is 252 g/mol. The normalized spacial score (nSPS) is 11.6. The minimum atomic E-state index is 0.426. The zero-order valence-electron chi connectivity index (χ0n) is 11.1. The Hall–Kier alpha value is -2.34. The molecule has 0 N–H and O–H groups in total. The fourth-order valence-electron chi connectivity index (χ4n) is 1.85. The molecule has 0 amide bonds. The molecule has 0 aliphatic carbocycles. The van der Waals surface area contributed by atoms with E-state index in [-0.39, 0.29) is 0 Å². The maximum atomic E-state index is 8.88. The highest BCUT2D eigenvalue weighted by Gasteiger charge is 2.10. The summed E-state index contributed by atoms with van der Waals surface area (Å²) in [4.78, 5) is 4.14. The first-order chi connectivity index (χ1) is 9.24. The van der Waals surface area contributed by atoms with Gasteiger partial charge in [0, 0.05) is 12.3 Å². The predicted molar refractivity (Wildman–Crippen MR) is 74.2 cm³/mol. The number of benzene rings is 1. The molecule has 1 unspecified atom stereocenters. The van der Waals surface area contributed by atoms with Crippen LogP contribution in [0.15, 0.2) is 42.6 Å². The summed E-state index contributed by atoms with van der Waals surface area (Å²) in [6.45, 7) is 4.32. The zero-order chi connectivity index (χ0) is 13.7. The molecule has 0 radical (unpaired) electrons. The topological polar surface area (TPSA) is 45.9 Å². The van der Waals surface area contributed by atoms with Crippen molar-refractivity contribution in [3.05, 3.63) is 53.7 Å². The summed E-state index contributed by atoms with van der Waals surface area (Å²) in [6, 6.07) is 13.3. The quantitative estimate of drug-likeness (QED) is 0.816. The smallest absolute Gasteiger partial charge is 0.220 e. The van der Waals surface area contributed by atoms with Crippen molar-refractivity contribution in [3.8, 4) is 17.7 Å². The molecular weight excluding hydrogens is 236 g/mol. The third-order valence-corrected chi connectivity index (χ3v) is 3.14. The second kappa shape index (κ2) is 6.01. The van der Waals surface area contributed by atoms with Crippen LogP contribution in [0.5, 0.6) is 11.6 Å². The maximum Gasteiger partial charge on any atom is 0.220 e. The van der Waals surface area contributed by atoms with Gasteiger partial charge >= 0.3 is 0 Å². The van der Waals surface area contributed by atoms with E-state index in [0.29, 0.717) is 17.4 Å². The molecule has 1 aromatic heterocycles. The van der Waals surface area contributed by atoms with Gasteiger partial charge < -0.3 is 4.74 Å². The van der Waals surface area contributed by atoms with Crippen LogP contribution < -0.4 is 4.74 Å². The van der Waals surface area contributed by atoms with E-state index in [1.54, 1.807) is 18.3 Å². The second-order valence-corrected chi connectivity index (χ2v) is 4.44. The van der Waals surface area contributed by atoms with Crippen molar-refractivity contribution in [1.29, 1.82) is 5.26 Å². The fraction of sp³-hybridized carbons (Fsp3) is 0.250. The molecule has 0 bridgehead atoms. The van der Waals surface area contributed by atoms with E-state index in [1.165, 1.54) is 0 Å². The van der Waals surface area contributed by atoms with Gasteiger partial charge in [-0.2, -0.15) is 5.26 Å². The summed E-state index contributed by atoms with van der Waals surface area (Å²) in [5, 5.41) is 8.88. The summed E-state index contributed by atoms with van der Waals surface area (Å²) in [5.41, 5.74) is 1.71. The van der Waals surface area contributed by atoms with E-state index in [4.69, 9.17) is 10.00 Å². The lowest BCUT2D eigenvalue weighted by molar-refractivity contribution is 0.452. The van der Waals surface area contributed by atoms with Crippen molar-refractivity contribution in [3.63, 3.8) is 0 Å². The van der Waals surface area contributed by atoms with Crippen molar-refractivity contribution in [2.45, 2.75) is 26.2 Å². The van der Waals surface area contributed by atoms with Gasteiger partial charge in [0.25, 0.3) is 0 Å². The molecule has 96 valence electrons. The Labute approximate surface area is 113 Å². The molecular formula is C16H16N2O. The number of hydrogen-bond acceptors (Lipinski definition) is 3. The SMILES string of the molecule is CCC(C)c1ccccc1Oc1cc(C#N)ccn1. The van der Waals surface area contributed by atoms with Crippen LogP contribution in [0.1, 0.15) is 37.3 Å². The Balaban J connectivity index is 2.30. The van der Waals surface area contributed by atoms with E-state index < -0.39 is 0 Å².